The Hall–Kier alpha value is -3.02. The minimum atomic E-state index is -0.276. The lowest BCUT2D eigenvalue weighted by molar-refractivity contribution is -0.135. The van der Waals surface area contributed by atoms with Crippen LogP contribution in [-0.4, -0.2) is 37.5 Å². The molecular weight excluding hydrogens is 356 g/mol. The standard InChI is InChI=1S/C22H26N2O4/c1-14(2)22(26)24-11-10-15-8-9-17(12-16(15)13-24)23-21(25)18-6-5-7-19(27-3)20(18)28-4/h5-9,12,14H,10-11,13H2,1-4H3,(H,23,25). The zero-order chi connectivity index (χ0) is 20.3. The fraction of sp³-hybridized carbons (Fsp3) is 0.364. The van der Waals surface area contributed by atoms with Crippen molar-refractivity contribution < 1.29 is 19.1 Å². The van der Waals surface area contributed by atoms with Gasteiger partial charge in [-0.3, -0.25) is 9.59 Å². The van der Waals surface area contributed by atoms with E-state index in [4.69, 9.17) is 9.47 Å². The second kappa shape index (κ2) is 8.33. The lowest BCUT2D eigenvalue weighted by Crippen LogP contribution is -2.38. The van der Waals surface area contributed by atoms with Gasteiger partial charge in [0.1, 0.15) is 0 Å². The van der Waals surface area contributed by atoms with Crippen LogP contribution < -0.4 is 14.8 Å². The summed E-state index contributed by atoms with van der Waals surface area (Å²) >= 11 is 0. The zero-order valence-electron chi connectivity index (χ0n) is 16.7. The van der Waals surface area contributed by atoms with Crippen LogP contribution in [0.25, 0.3) is 0 Å². The van der Waals surface area contributed by atoms with Crippen LogP contribution in [0.3, 0.4) is 0 Å². The molecule has 0 saturated heterocycles. The number of methoxy groups -OCH3 is 2. The maximum absolute atomic E-state index is 12.8. The highest BCUT2D eigenvalue weighted by Crippen LogP contribution is 2.31. The molecule has 0 saturated carbocycles. The van der Waals surface area contributed by atoms with Crippen molar-refractivity contribution in [2.24, 2.45) is 5.92 Å². The van der Waals surface area contributed by atoms with Crippen molar-refractivity contribution in [1.82, 2.24) is 4.90 Å². The number of nitrogens with zero attached hydrogens (tertiary/aromatic N) is 1. The van der Waals surface area contributed by atoms with Gasteiger partial charge in [-0.1, -0.05) is 26.0 Å². The van der Waals surface area contributed by atoms with E-state index in [1.54, 1.807) is 18.2 Å². The minimum absolute atomic E-state index is 0.0232. The Kier molecular flexibility index (Phi) is 5.87. The van der Waals surface area contributed by atoms with Crippen molar-refractivity contribution >= 4 is 17.5 Å². The number of nitrogens with one attached hydrogen (secondary N) is 1. The van der Waals surface area contributed by atoms with Gasteiger partial charge in [-0.05, 0) is 41.8 Å². The highest BCUT2D eigenvalue weighted by molar-refractivity contribution is 6.06. The number of hydrogen-bond acceptors (Lipinski definition) is 4. The molecule has 2 aromatic carbocycles. The molecule has 0 bridgehead atoms. The number of benzene rings is 2. The van der Waals surface area contributed by atoms with Crippen LogP contribution in [0.4, 0.5) is 5.69 Å². The molecule has 0 atom stereocenters. The van der Waals surface area contributed by atoms with Gasteiger partial charge in [-0.15, -0.1) is 0 Å². The van der Waals surface area contributed by atoms with E-state index in [0.717, 1.165) is 18.5 Å². The van der Waals surface area contributed by atoms with E-state index < -0.39 is 0 Å². The molecule has 6 heteroatoms. The molecule has 1 heterocycles. The fourth-order valence-corrected chi connectivity index (χ4v) is 3.45. The fourth-order valence-electron chi connectivity index (χ4n) is 3.45. The van der Waals surface area contributed by atoms with E-state index in [2.05, 4.69) is 5.32 Å². The Labute approximate surface area is 165 Å². The van der Waals surface area contributed by atoms with Gasteiger partial charge < -0.3 is 19.7 Å². The molecule has 0 aliphatic carbocycles. The third-order valence-corrected chi connectivity index (χ3v) is 4.93. The summed E-state index contributed by atoms with van der Waals surface area (Å²) in [6.45, 7) is 5.13. The van der Waals surface area contributed by atoms with Crippen LogP contribution in [0.5, 0.6) is 11.5 Å². The molecule has 0 radical (unpaired) electrons. The normalized spacial score (nSPS) is 13.1. The summed E-state index contributed by atoms with van der Waals surface area (Å²) in [5.41, 5.74) is 3.36. The molecule has 1 N–H and O–H groups in total. The van der Waals surface area contributed by atoms with Crippen molar-refractivity contribution in [2.75, 3.05) is 26.1 Å². The van der Waals surface area contributed by atoms with E-state index >= 15 is 0 Å². The van der Waals surface area contributed by atoms with Crippen LogP contribution in [0.15, 0.2) is 36.4 Å². The van der Waals surface area contributed by atoms with E-state index in [-0.39, 0.29) is 17.7 Å². The van der Waals surface area contributed by atoms with E-state index in [0.29, 0.717) is 29.3 Å². The van der Waals surface area contributed by atoms with Gasteiger partial charge in [0.05, 0.1) is 19.8 Å². The second-order valence-electron chi connectivity index (χ2n) is 7.14. The summed E-state index contributed by atoms with van der Waals surface area (Å²) in [6.07, 6.45) is 0.825. The molecule has 2 amide bonds. The third-order valence-electron chi connectivity index (χ3n) is 4.93. The van der Waals surface area contributed by atoms with Crippen LogP contribution in [0, 0.1) is 5.92 Å². The van der Waals surface area contributed by atoms with Crippen LogP contribution in [0.2, 0.25) is 0 Å². The summed E-state index contributed by atoms with van der Waals surface area (Å²) < 4.78 is 10.6. The number of para-hydroxylation sites is 1. The summed E-state index contributed by atoms with van der Waals surface area (Å²) in [5.74, 6) is 0.755. The zero-order valence-corrected chi connectivity index (χ0v) is 16.7. The first-order valence-corrected chi connectivity index (χ1v) is 9.37. The average Bonchev–Trinajstić information content (AvgIpc) is 2.71. The van der Waals surface area contributed by atoms with Crippen LogP contribution in [0.1, 0.15) is 35.3 Å². The molecule has 1 aliphatic rings. The molecule has 0 unspecified atom stereocenters. The van der Waals surface area contributed by atoms with Gasteiger partial charge in [0, 0.05) is 24.7 Å². The van der Waals surface area contributed by atoms with Gasteiger partial charge in [-0.25, -0.2) is 0 Å². The topological polar surface area (TPSA) is 67.9 Å². The number of ether oxygens (including phenoxy) is 2. The van der Waals surface area contributed by atoms with Gasteiger partial charge in [0.15, 0.2) is 11.5 Å². The quantitative estimate of drug-likeness (QED) is 0.859. The number of rotatable bonds is 5. The Morgan fingerprint density at radius 1 is 1.07 bits per heavy atom. The molecule has 148 valence electrons. The first-order chi connectivity index (χ1) is 13.4. The average molecular weight is 382 g/mol. The lowest BCUT2D eigenvalue weighted by Gasteiger charge is -2.30. The predicted octanol–water partition coefficient (Wildman–Crippen LogP) is 3.50. The molecule has 1 aliphatic heterocycles. The largest absolute Gasteiger partial charge is 0.493 e. The summed E-state index contributed by atoms with van der Waals surface area (Å²) in [5, 5.41) is 2.92. The molecule has 3 rings (SSSR count). The Morgan fingerprint density at radius 2 is 1.86 bits per heavy atom. The molecule has 0 aromatic heterocycles. The van der Waals surface area contributed by atoms with Gasteiger partial charge >= 0.3 is 0 Å². The van der Waals surface area contributed by atoms with Gasteiger partial charge in [-0.2, -0.15) is 0 Å². The molecule has 0 spiro atoms. The van der Waals surface area contributed by atoms with E-state index in [9.17, 15) is 9.59 Å². The van der Waals surface area contributed by atoms with Crippen LogP contribution in [-0.2, 0) is 17.8 Å². The number of amides is 2. The maximum atomic E-state index is 12.8. The SMILES string of the molecule is COc1cccc(C(=O)Nc2ccc3c(c2)CN(C(=O)C(C)C)CC3)c1OC. The van der Waals surface area contributed by atoms with Gasteiger partial charge in [0.25, 0.3) is 5.91 Å². The molecule has 0 fully saturated rings. The lowest BCUT2D eigenvalue weighted by atomic mass is 9.98. The van der Waals surface area contributed by atoms with Crippen molar-refractivity contribution in [3.8, 4) is 11.5 Å². The van der Waals surface area contributed by atoms with Crippen molar-refractivity contribution in [2.45, 2.75) is 26.8 Å². The van der Waals surface area contributed by atoms with Gasteiger partial charge in [0.2, 0.25) is 5.91 Å². The first kappa shape index (κ1) is 19.7. The third kappa shape index (κ3) is 3.96. The summed E-state index contributed by atoms with van der Waals surface area (Å²) in [4.78, 5) is 27.0. The predicted molar refractivity (Wildman–Crippen MR) is 108 cm³/mol. The smallest absolute Gasteiger partial charge is 0.259 e. The monoisotopic (exact) mass is 382 g/mol. The Morgan fingerprint density at radius 3 is 2.54 bits per heavy atom. The highest BCUT2D eigenvalue weighted by Gasteiger charge is 2.23. The first-order valence-electron chi connectivity index (χ1n) is 9.37. The Balaban J connectivity index is 1.81. The molecule has 6 nitrogen and oxygen atoms in total. The molecule has 2 aromatic rings. The molecular formula is C22H26N2O4. The number of fused-ring (bicyclic) bond motifs is 1. The summed E-state index contributed by atoms with van der Waals surface area (Å²) in [7, 11) is 3.04. The van der Waals surface area contributed by atoms with Crippen molar-refractivity contribution in [1.29, 1.82) is 0 Å². The van der Waals surface area contributed by atoms with E-state index in [1.165, 1.54) is 19.8 Å². The highest BCUT2D eigenvalue weighted by atomic mass is 16.5. The van der Waals surface area contributed by atoms with Crippen molar-refractivity contribution in [3.05, 3.63) is 53.1 Å². The summed E-state index contributed by atoms with van der Waals surface area (Å²) in [6, 6.07) is 11.0. The second-order valence-corrected chi connectivity index (χ2v) is 7.14. The van der Waals surface area contributed by atoms with E-state index in [1.807, 2.05) is 36.9 Å². The Bertz CT molecular complexity index is 892. The number of anilines is 1. The van der Waals surface area contributed by atoms with Crippen molar-refractivity contribution in [3.63, 3.8) is 0 Å². The molecule has 28 heavy (non-hydrogen) atoms. The minimum Gasteiger partial charge on any atom is -0.493 e. The van der Waals surface area contributed by atoms with Crippen LogP contribution >= 0.6 is 0 Å². The number of hydrogen-bond donors (Lipinski definition) is 1. The maximum Gasteiger partial charge on any atom is 0.259 e. The number of carbonyl (C=O) groups excluding carboxylic acids is 2. The number of carbonyl (C=O) groups is 2.